The molecule has 0 bridgehead atoms. The standard InChI is InChI=1S/C19H20N4O3S/c24-19(14-27(25,26)12-4-7-16-5-2-1-3-6-16)22-17-8-9-18(21-13-17)23-11-10-20-15-23/h1-3,5-6,8-11,13,15H,4,7,12,14H2,(H,22,24). The van der Waals surface area contributed by atoms with Crippen molar-refractivity contribution < 1.29 is 13.2 Å². The third-order valence-electron chi connectivity index (χ3n) is 3.92. The molecule has 7 nitrogen and oxygen atoms in total. The highest BCUT2D eigenvalue weighted by atomic mass is 32.2. The molecule has 1 aromatic carbocycles. The van der Waals surface area contributed by atoms with Crippen molar-refractivity contribution in [3.05, 3.63) is 72.9 Å². The Balaban J connectivity index is 1.49. The van der Waals surface area contributed by atoms with E-state index < -0.39 is 21.5 Å². The third-order valence-corrected chi connectivity index (χ3v) is 5.53. The number of aryl methyl sites for hydroxylation is 1. The van der Waals surface area contributed by atoms with Crippen molar-refractivity contribution in [2.45, 2.75) is 12.8 Å². The monoisotopic (exact) mass is 384 g/mol. The molecule has 0 atom stereocenters. The number of pyridine rings is 1. The average molecular weight is 384 g/mol. The van der Waals surface area contributed by atoms with Crippen LogP contribution in [0.15, 0.2) is 67.4 Å². The van der Waals surface area contributed by atoms with Gasteiger partial charge in [-0.2, -0.15) is 0 Å². The molecule has 0 unspecified atom stereocenters. The van der Waals surface area contributed by atoms with Crippen LogP contribution in [-0.4, -0.2) is 40.4 Å². The van der Waals surface area contributed by atoms with Gasteiger partial charge in [-0.3, -0.25) is 9.36 Å². The van der Waals surface area contributed by atoms with Gasteiger partial charge in [-0.25, -0.2) is 18.4 Å². The Morgan fingerprint density at radius 3 is 2.59 bits per heavy atom. The van der Waals surface area contributed by atoms with Crippen molar-refractivity contribution >= 4 is 21.4 Å². The quantitative estimate of drug-likeness (QED) is 0.643. The molecule has 140 valence electrons. The van der Waals surface area contributed by atoms with E-state index in [-0.39, 0.29) is 5.75 Å². The Labute approximate surface area is 158 Å². The van der Waals surface area contributed by atoms with Gasteiger partial charge in [0.25, 0.3) is 0 Å². The molecular weight excluding hydrogens is 364 g/mol. The van der Waals surface area contributed by atoms with E-state index in [2.05, 4.69) is 15.3 Å². The number of imidazole rings is 1. The minimum absolute atomic E-state index is 0.0207. The van der Waals surface area contributed by atoms with E-state index in [1.54, 1.807) is 35.4 Å². The first-order chi connectivity index (χ1) is 13.0. The largest absolute Gasteiger partial charge is 0.324 e. The zero-order valence-corrected chi connectivity index (χ0v) is 15.5. The van der Waals surface area contributed by atoms with Crippen LogP contribution in [0.4, 0.5) is 5.69 Å². The van der Waals surface area contributed by atoms with Gasteiger partial charge in [0, 0.05) is 12.4 Å². The molecule has 0 aliphatic heterocycles. The van der Waals surface area contributed by atoms with Crippen molar-refractivity contribution in [2.75, 3.05) is 16.8 Å². The molecule has 27 heavy (non-hydrogen) atoms. The molecule has 0 aliphatic rings. The summed E-state index contributed by atoms with van der Waals surface area (Å²) in [6.07, 6.45) is 7.64. The number of carbonyl (C=O) groups excluding carboxylic acids is 1. The fourth-order valence-corrected chi connectivity index (χ4v) is 3.82. The van der Waals surface area contributed by atoms with E-state index in [4.69, 9.17) is 0 Å². The van der Waals surface area contributed by atoms with Crippen LogP contribution in [0, 0.1) is 0 Å². The Morgan fingerprint density at radius 2 is 1.93 bits per heavy atom. The second-order valence-corrected chi connectivity index (χ2v) is 8.29. The van der Waals surface area contributed by atoms with E-state index in [1.165, 1.54) is 6.20 Å². The molecule has 3 aromatic rings. The molecule has 0 spiro atoms. The number of nitrogens with zero attached hydrogens (tertiary/aromatic N) is 3. The van der Waals surface area contributed by atoms with Crippen LogP contribution in [0.3, 0.4) is 0 Å². The highest BCUT2D eigenvalue weighted by Crippen LogP contribution is 2.10. The summed E-state index contributed by atoms with van der Waals surface area (Å²) in [7, 11) is -3.46. The van der Waals surface area contributed by atoms with Gasteiger partial charge in [-0.1, -0.05) is 30.3 Å². The van der Waals surface area contributed by atoms with Crippen LogP contribution < -0.4 is 5.32 Å². The second kappa shape index (κ2) is 8.59. The van der Waals surface area contributed by atoms with Gasteiger partial charge in [-0.15, -0.1) is 0 Å². The number of anilines is 1. The fraction of sp³-hybridized carbons (Fsp3) is 0.211. The van der Waals surface area contributed by atoms with Crippen LogP contribution in [0.1, 0.15) is 12.0 Å². The van der Waals surface area contributed by atoms with Crippen molar-refractivity contribution in [3.8, 4) is 5.82 Å². The Bertz CT molecular complexity index is 970. The molecule has 0 saturated carbocycles. The predicted molar refractivity (Wildman–Crippen MR) is 103 cm³/mol. The van der Waals surface area contributed by atoms with Crippen molar-refractivity contribution in [1.82, 2.24) is 14.5 Å². The maximum atomic E-state index is 12.1. The van der Waals surface area contributed by atoms with Crippen LogP contribution in [0.5, 0.6) is 0 Å². The summed E-state index contributed by atoms with van der Waals surface area (Å²) in [6, 6.07) is 13.1. The number of hydrogen-bond acceptors (Lipinski definition) is 5. The summed E-state index contributed by atoms with van der Waals surface area (Å²) in [6.45, 7) is 0. The first-order valence-corrected chi connectivity index (χ1v) is 10.3. The van der Waals surface area contributed by atoms with E-state index in [1.807, 2.05) is 30.3 Å². The van der Waals surface area contributed by atoms with Crippen molar-refractivity contribution in [1.29, 1.82) is 0 Å². The van der Waals surface area contributed by atoms with Gasteiger partial charge in [0.1, 0.15) is 17.9 Å². The zero-order chi connectivity index (χ0) is 19.1. The molecule has 2 aromatic heterocycles. The van der Waals surface area contributed by atoms with Gasteiger partial charge in [0.05, 0.1) is 17.6 Å². The molecule has 0 fully saturated rings. The van der Waals surface area contributed by atoms with Gasteiger partial charge < -0.3 is 5.32 Å². The maximum absolute atomic E-state index is 12.1. The first-order valence-electron chi connectivity index (χ1n) is 8.50. The van der Waals surface area contributed by atoms with Crippen LogP contribution in [0.25, 0.3) is 5.82 Å². The summed E-state index contributed by atoms with van der Waals surface area (Å²) in [5.74, 6) is -0.469. The summed E-state index contributed by atoms with van der Waals surface area (Å²) in [5.41, 5.74) is 1.53. The fourth-order valence-electron chi connectivity index (χ4n) is 2.62. The highest BCUT2D eigenvalue weighted by Gasteiger charge is 2.16. The van der Waals surface area contributed by atoms with Gasteiger partial charge in [-0.05, 0) is 30.5 Å². The second-order valence-electron chi connectivity index (χ2n) is 6.10. The third kappa shape index (κ3) is 5.75. The van der Waals surface area contributed by atoms with Gasteiger partial charge >= 0.3 is 0 Å². The SMILES string of the molecule is O=C(CS(=O)(=O)CCCc1ccccc1)Nc1ccc(-n2ccnc2)nc1. The van der Waals surface area contributed by atoms with E-state index in [0.717, 1.165) is 5.56 Å². The highest BCUT2D eigenvalue weighted by molar-refractivity contribution is 7.92. The molecule has 8 heteroatoms. The van der Waals surface area contributed by atoms with Crippen LogP contribution in [-0.2, 0) is 21.1 Å². The summed E-state index contributed by atoms with van der Waals surface area (Å²) < 4.78 is 26.0. The molecule has 3 rings (SSSR count). The van der Waals surface area contributed by atoms with E-state index >= 15 is 0 Å². The topological polar surface area (TPSA) is 94.0 Å². The zero-order valence-electron chi connectivity index (χ0n) is 14.7. The molecule has 0 aliphatic carbocycles. The van der Waals surface area contributed by atoms with E-state index in [0.29, 0.717) is 24.3 Å². The maximum Gasteiger partial charge on any atom is 0.239 e. The molecule has 1 N–H and O–H groups in total. The normalized spacial score (nSPS) is 11.3. The van der Waals surface area contributed by atoms with Crippen LogP contribution >= 0.6 is 0 Å². The summed E-state index contributed by atoms with van der Waals surface area (Å²) in [4.78, 5) is 20.2. The number of benzene rings is 1. The Hall–Kier alpha value is -3.00. The molecule has 0 radical (unpaired) electrons. The number of nitrogens with one attached hydrogen (secondary N) is 1. The molecule has 0 saturated heterocycles. The lowest BCUT2D eigenvalue weighted by Gasteiger charge is -2.07. The van der Waals surface area contributed by atoms with Crippen LogP contribution in [0.2, 0.25) is 0 Å². The summed E-state index contributed by atoms with van der Waals surface area (Å²) >= 11 is 0. The number of carbonyl (C=O) groups is 1. The van der Waals surface area contributed by atoms with E-state index in [9.17, 15) is 13.2 Å². The number of rotatable bonds is 8. The molecule has 2 heterocycles. The number of aromatic nitrogens is 3. The lowest BCUT2D eigenvalue weighted by molar-refractivity contribution is -0.113. The lowest BCUT2D eigenvalue weighted by atomic mass is 10.1. The van der Waals surface area contributed by atoms with Gasteiger partial charge in [0.15, 0.2) is 9.84 Å². The predicted octanol–water partition coefficient (Wildman–Crippen LogP) is 2.25. The minimum Gasteiger partial charge on any atom is -0.324 e. The van der Waals surface area contributed by atoms with Gasteiger partial charge in [0.2, 0.25) is 5.91 Å². The number of hydrogen-bond donors (Lipinski definition) is 1. The lowest BCUT2D eigenvalue weighted by Crippen LogP contribution is -2.25. The average Bonchev–Trinajstić information content (AvgIpc) is 3.17. The Kier molecular flexibility index (Phi) is 5.97. The minimum atomic E-state index is -3.46. The molecule has 1 amide bonds. The first kappa shape index (κ1) is 18.8. The number of sulfone groups is 1. The van der Waals surface area contributed by atoms with Crippen molar-refractivity contribution in [2.24, 2.45) is 0 Å². The van der Waals surface area contributed by atoms with Crippen molar-refractivity contribution in [3.63, 3.8) is 0 Å². The number of amides is 1. The smallest absolute Gasteiger partial charge is 0.239 e. The molecular formula is C19H20N4O3S. The Morgan fingerprint density at radius 1 is 1.11 bits per heavy atom. The summed E-state index contributed by atoms with van der Waals surface area (Å²) in [5, 5.41) is 2.57.